The van der Waals surface area contributed by atoms with Crippen LogP contribution < -0.4 is 31.4 Å². The Balaban J connectivity index is 1.20. The van der Waals surface area contributed by atoms with Crippen molar-refractivity contribution in [3.63, 3.8) is 0 Å². The first-order valence-electron chi connectivity index (χ1n) is 24.2. The van der Waals surface area contributed by atoms with E-state index in [9.17, 15) is 28.8 Å². The van der Waals surface area contributed by atoms with Gasteiger partial charge in [-0.15, -0.1) is 13.1 Å². The third kappa shape index (κ3) is 11.3. The molecule has 369 valence electrons. The predicted octanol–water partition coefficient (Wildman–Crippen LogP) is 8.11. The Morgan fingerprint density at radius 3 is 1.31 bits per heavy atom. The fourth-order valence-electron chi connectivity index (χ4n) is 9.70. The summed E-state index contributed by atoms with van der Waals surface area (Å²) in [6.07, 6.45) is 2.78. The number of carbonyl (C=O) groups is 6. The maximum Gasteiger partial charge on any atom is 0.407 e. The van der Waals surface area contributed by atoms with Gasteiger partial charge in [-0.2, -0.15) is 18.3 Å². The molecular formula is C52H73N7O8Si-. The van der Waals surface area contributed by atoms with Crippen molar-refractivity contribution in [1.29, 1.82) is 0 Å². The number of hydrogen-bond donors (Lipinski definition) is 4. The number of benzene rings is 3. The molecule has 0 aliphatic carbocycles. The number of nitrogens with zero attached hydrogens (tertiary/aromatic N) is 3. The maximum atomic E-state index is 13.7. The molecule has 0 bridgehead atoms. The number of methoxy groups -OCH3 is 2. The summed E-state index contributed by atoms with van der Waals surface area (Å²) in [6, 6.07) is 22.1. The first kappa shape index (κ1) is 51.5. The van der Waals surface area contributed by atoms with Crippen LogP contribution in [0.3, 0.4) is 0 Å². The first-order chi connectivity index (χ1) is 32.2. The summed E-state index contributed by atoms with van der Waals surface area (Å²) in [5, 5.41) is 13.0. The predicted molar refractivity (Wildman–Crippen MR) is 268 cm³/mol. The van der Waals surface area contributed by atoms with Gasteiger partial charge in [0.25, 0.3) is 0 Å². The standard InChI is InChI=1S/C52H73N7O8Si/c1-32(2)44(55-50(64)66-8)48(62)57-30-12-14-42(57)46(60)53-36-20-16-34(17-21-36)40-28-29-41(59(40)38-24-26-39(27-25-38)68(10,11)52(5,6)7)35-18-22-37(23-19-35)54-47(61)43-15-13-31-58(43)49(63)45(33(3)4)56-51(65)67-9/h16-27,32-33,40-45H,12-15,28-31H2,1-11H3,(H,53,60)(H,54,61)(H,55,64)(H,56,65)/q-1/t40-,41-,42+,43+,44+,45+/m1/s1. The summed E-state index contributed by atoms with van der Waals surface area (Å²) in [7, 11) is 0.710. The van der Waals surface area contributed by atoms with Gasteiger partial charge in [0.1, 0.15) is 24.2 Å². The number of carbonyl (C=O) groups excluding carboxylic acids is 6. The van der Waals surface area contributed by atoms with Crippen LogP contribution in [0.25, 0.3) is 0 Å². The lowest BCUT2D eigenvalue weighted by atomic mass is 10.0. The molecule has 3 aliphatic rings. The molecule has 3 aliphatic heterocycles. The van der Waals surface area contributed by atoms with Gasteiger partial charge in [0.2, 0.25) is 23.6 Å². The van der Waals surface area contributed by atoms with Crippen LogP contribution in [0.4, 0.5) is 26.7 Å². The third-order valence-electron chi connectivity index (χ3n) is 14.7. The minimum atomic E-state index is -1.80. The highest BCUT2D eigenvalue weighted by Gasteiger charge is 2.41. The molecule has 3 fully saturated rings. The monoisotopic (exact) mass is 952 g/mol. The fourth-order valence-corrected chi connectivity index (χ4v) is 11.6. The third-order valence-corrected chi connectivity index (χ3v) is 20.3. The highest BCUT2D eigenvalue weighted by molar-refractivity contribution is 6.92. The van der Waals surface area contributed by atoms with E-state index in [1.54, 1.807) is 9.80 Å². The lowest BCUT2D eigenvalue weighted by Gasteiger charge is -2.49. The molecule has 0 spiro atoms. The minimum Gasteiger partial charge on any atom is -0.453 e. The van der Waals surface area contributed by atoms with E-state index in [4.69, 9.17) is 9.47 Å². The average molecular weight is 952 g/mol. The molecule has 68 heavy (non-hydrogen) atoms. The Morgan fingerprint density at radius 1 is 0.588 bits per heavy atom. The van der Waals surface area contributed by atoms with E-state index >= 15 is 0 Å². The quantitative estimate of drug-likeness (QED) is 0.116. The van der Waals surface area contributed by atoms with Gasteiger partial charge in [-0.3, -0.25) is 19.2 Å². The fraction of sp³-hybridized carbons (Fsp3) is 0.538. The normalized spacial score (nSPS) is 20.5. The van der Waals surface area contributed by atoms with E-state index in [-0.39, 0.29) is 52.6 Å². The van der Waals surface area contributed by atoms with Crippen LogP contribution in [-0.4, -0.2) is 105 Å². The van der Waals surface area contributed by atoms with Gasteiger partial charge in [-0.05, 0) is 97.9 Å². The van der Waals surface area contributed by atoms with Gasteiger partial charge < -0.3 is 45.4 Å². The van der Waals surface area contributed by atoms with E-state index in [2.05, 4.69) is 109 Å². The second-order valence-electron chi connectivity index (χ2n) is 20.8. The van der Waals surface area contributed by atoms with Crippen molar-refractivity contribution < 1.29 is 38.2 Å². The molecule has 3 saturated heterocycles. The van der Waals surface area contributed by atoms with Crippen molar-refractivity contribution in [3.05, 3.63) is 83.9 Å². The van der Waals surface area contributed by atoms with Crippen molar-refractivity contribution in [3.8, 4) is 0 Å². The van der Waals surface area contributed by atoms with Gasteiger partial charge in [0.05, 0.1) is 26.3 Å². The molecule has 15 nitrogen and oxygen atoms in total. The molecule has 16 heteroatoms. The van der Waals surface area contributed by atoms with Gasteiger partial charge in [-0.25, -0.2) is 9.59 Å². The van der Waals surface area contributed by atoms with Crippen LogP contribution >= 0.6 is 0 Å². The van der Waals surface area contributed by atoms with Crippen molar-refractivity contribution in [2.24, 2.45) is 11.8 Å². The Morgan fingerprint density at radius 2 is 0.971 bits per heavy atom. The molecule has 3 heterocycles. The van der Waals surface area contributed by atoms with Crippen LogP contribution in [0, 0.1) is 11.8 Å². The van der Waals surface area contributed by atoms with E-state index in [1.807, 2.05) is 52.0 Å². The van der Waals surface area contributed by atoms with E-state index in [0.717, 1.165) is 29.7 Å². The van der Waals surface area contributed by atoms with E-state index < -0.39 is 44.4 Å². The van der Waals surface area contributed by atoms with Crippen LogP contribution in [0.2, 0.25) is 18.1 Å². The number of nitrogens with one attached hydrogen (secondary N) is 4. The summed E-state index contributed by atoms with van der Waals surface area (Å²) in [5.41, 5.74) is 4.57. The Kier molecular flexibility index (Phi) is 16.3. The van der Waals surface area contributed by atoms with E-state index in [1.165, 1.54) is 19.4 Å². The molecule has 0 saturated carbocycles. The highest BCUT2D eigenvalue weighted by atomic mass is 28.3. The zero-order valence-corrected chi connectivity index (χ0v) is 42.8. The summed E-state index contributed by atoms with van der Waals surface area (Å²) >= 11 is 0. The largest absolute Gasteiger partial charge is 0.453 e. The van der Waals surface area contributed by atoms with Crippen molar-refractivity contribution in [1.82, 2.24) is 20.4 Å². The van der Waals surface area contributed by atoms with Crippen LogP contribution in [0.1, 0.15) is 110 Å². The molecule has 0 aromatic heterocycles. The molecule has 6 amide bonds. The lowest BCUT2D eigenvalue weighted by molar-refractivity contribution is -0.139. The summed E-state index contributed by atoms with van der Waals surface area (Å²) in [6.45, 7) is 20.0. The second kappa shape index (κ2) is 21.6. The smallest absolute Gasteiger partial charge is 0.407 e. The molecule has 3 aromatic rings. The molecule has 6 atom stereocenters. The van der Waals surface area contributed by atoms with Gasteiger partial charge in [-0.1, -0.05) is 84.9 Å². The summed E-state index contributed by atoms with van der Waals surface area (Å²) < 4.78 is 9.51. The zero-order chi connectivity index (χ0) is 49.7. The second-order valence-corrected chi connectivity index (χ2v) is 26.1. The van der Waals surface area contributed by atoms with Gasteiger partial charge >= 0.3 is 12.2 Å². The summed E-state index contributed by atoms with van der Waals surface area (Å²) in [5.74, 6) is -1.55. The molecule has 6 rings (SSSR count). The number of likely N-dealkylation sites (tertiary alicyclic amines) is 2. The topological polar surface area (TPSA) is 179 Å². The minimum absolute atomic E-state index is 0.0234. The lowest BCUT2D eigenvalue weighted by Crippen LogP contribution is -2.54. The molecule has 3 aromatic carbocycles. The van der Waals surface area contributed by atoms with Crippen LogP contribution in [-0.2, 0) is 28.7 Å². The molecule has 0 radical (unpaired) electrons. The number of alkyl carbamates (subject to hydrolysis) is 2. The summed E-state index contributed by atoms with van der Waals surface area (Å²) in [4.78, 5) is 84.4. The molecule has 4 N–H and O–H groups in total. The SMILES string of the molecule is COC(=O)N[C@H](C(=O)N1CCC[C@H]1C(=O)Nc1ccc([C@H]2CC[C@H](c3ccc(NC(=O)[C@@H]4CCCN4C(=O)[C@@H](NC(=O)OC)C(C)C)cc3)N2c2ccc([Si-](C)(C)C(C)(C)C)cc2)cc1)C(C)C. The Hall–Kier alpha value is -5.90. The van der Waals surface area contributed by atoms with E-state index in [0.29, 0.717) is 50.1 Å². The number of hydrogen-bond acceptors (Lipinski definition) is 9. The number of rotatable bonds is 14. The van der Waals surface area contributed by atoms with Crippen molar-refractivity contribution in [2.75, 3.05) is 42.8 Å². The van der Waals surface area contributed by atoms with Crippen molar-refractivity contribution in [2.45, 2.75) is 141 Å². The van der Waals surface area contributed by atoms with Crippen LogP contribution in [0.15, 0.2) is 72.8 Å². The first-order valence-corrected chi connectivity index (χ1v) is 27.2. The Bertz CT molecular complexity index is 2150. The highest BCUT2D eigenvalue weighted by Crippen LogP contribution is 2.47. The van der Waals surface area contributed by atoms with Gasteiger partial charge in [0.15, 0.2) is 0 Å². The number of ether oxygens (including phenoxy) is 2. The van der Waals surface area contributed by atoms with Gasteiger partial charge in [0, 0.05) is 30.2 Å². The van der Waals surface area contributed by atoms with Crippen molar-refractivity contribution >= 4 is 66.1 Å². The molecule has 0 unspecified atom stereocenters. The number of amides is 6. The van der Waals surface area contributed by atoms with Crippen LogP contribution in [0.5, 0.6) is 0 Å². The maximum absolute atomic E-state index is 13.7. The average Bonchev–Trinajstić information content (AvgIpc) is 4.11. The zero-order valence-electron chi connectivity index (χ0n) is 41.8. The number of anilines is 3. The molecular weight excluding hydrogens is 879 g/mol. The Labute approximate surface area is 403 Å².